The van der Waals surface area contributed by atoms with Crippen LogP contribution in [0.3, 0.4) is 0 Å². The number of aromatic nitrogens is 2. The molecule has 0 aliphatic carbocycles. The fraction of sp³-hybridized carbons (Fsp3) is 0.500. The van der Waals surface area contributed by atoms with Crippen molar-refractivity contribution < 1.29 is 0 Å². The average molecular weight is 375 g/mol. The van der Waals surface area contributed by atoms with Gasteiger partial charge >= 0.3 is 0 Å². The number of para-hydroxylation sites is 1. The van der Waals surface area contributed by atoms with E-state index in [0.29, 0.717) is 6.04 Å². The molecular formula is C18H23BrN4. The fourth-order valence-electron chi connectivity index (χ4n) is 3.90. The van der Waals surface area contributed by atoms with Crippen LogP contribution in [0.2, 0.25) is 0 Å². The summed E-state index contributed by atoms with van der Waals surface area (Å²) in [5.74, 6) is 0. The predicted octanol–water partition coefficient (Wildman–Crippen LogP) is 3.17. The van der Waals surface area contributed by atoms with Gasteiger partial charge in [-0.15, -0.1) is 0 Å². The van der Waals surface area contributed by atoms with Crippen molar-refractivity contribution in [3.8, 4) is 0 Å². The lowest BCUT2D eigenvalue weighted by Crippen LogP contribution is -2.45. The van der Waals surface area contributed by atoms with E-state index in [1.807, 2.05) is 17.1 Å². The van der Waals surface area contributed by atoms with E-state index in [1.54, 1.807) is 0 Å². The van der Waals surface area contributed by atoms with E-state index in [-0.39, 0.29) is 0 Å². The van der Waals surface area contributed by atoms with Crippen LogP contribution >= 0.6 is 15.9 Å². The van der Waals surface area contributed by atoms with Crippen molar-refractivity contribution in [2.75, 3.05) is 31.1 Å². The van der Waals surface area contributed by atoms with Gasteiger partial charge in [0.05, 0.1) is 17.2 Å². The summed E-state index contributed by atoms with van der Waals surface area (Å²) in [4.78, 5) is 5.23. The lowest BCUT2D eigenvalue weighted by molar-refractivity contribution is 0.200. The average Bonchev–Trinajstić information content (AvgIpc) is 3.20. The number of hydrogen-bond donors (Lipinski definition) is 0. The monoisotopic (exact) mass is 374 g/mol. The molecule has 0 spiro atoms. The number of anilines is 1. The molecule has 3 heterocycles. The molecule has 1 aromatic heterocycles. The minimum atomic E-state index is 0.716. The zero-order valence-electron chi connectivity index (χ0n) is 13.4. The van der Waals surface area contributed by atoms with Gasteiger partial charge in [-0.2, -0.15) is 5.10 Å². The molecule has 2 aromatic rings. The Morgan fingerprint density at radius 1 is 1.09 bits per heavy atom. The Labute approximate surface area is 146 Å². The van der Waals surface area contributed by atoms with Crippen LogP contribution in [0.5, 0.6) is 0 Å². The van der Waals surface area contributed by atoms with Crippen molar-refractivity contribution >= 4 is 21.6 Å². The lowest BCUT2D eigenvalue weighted by atomic mass is 10.0. The van der Waals surface area contributed by atoms with Gasteiger partial charge in [-0.05, 0) is 46.8 Å². The standard InChI is InChI=1S/C18H23BrN4/c19-16-13-20-22(14-16)12-11-21-8-6-17(7-9-21)23-10-5-15-3-1-2-4-18(15)23/h1-4,13-14,17H,5-12H2. The second-order valence-corrected chi connectivity index (χ2v) is 7.48. The Bertz CT molecular complexity index is 661. The van der Waals surface area contributed by atoms with Crippen LogP contribution in [0.4, 0.5) is 5.69 Å². The summed E-state index contributed by atoms with van der Waals surface area (Å²) in [6, 6.07) is 9.64. The minimum Gasteiger partial charge on any atom is -0.368 e. The Hall–Kier alpha value is -1.33. The van der Waals surface area contributed by atoms with Crippen molar-refractivity contribution in [3.63, 3.8) is 0 Å². The van der Waals surface area contributed by atoms with Gasteiger partial charge in [0.25, 0.3) is 0 Å². The van der Waals surface area contributed by atoms with Crippen LogP contribution in [0.1, 0.15) is 18.4 Å². The number of benzene rings is 1. The van der Waals surface area contributed by atoms with Crippen LogP contribution in [0, 0.1) is 0 Å². The van der Waals surface area contributed by atoms with E-state index in [4.69, 9.17) is 0 Å². The Balaban J connectivity index is 1.30. The number of fused-ring (bicyclic) bond motifs is 1. The Kier molecular flexibility index (Phi) is 4.40. The van der Waals surface area contributed by atoms with Crippen LogP contribution in [-0.4, -0.2) is 46.9 Å². The molecule has 1 saturated heterocycles. The third kappa shape index (κ3) is 3.31. The second-order valence-electron chi connectivity index (χ2n) is 6.57. The summed E-state index contributed by atoms with van der Waals surface area (Å²) in [6.45, 7) is 5.67. The summed E-state index contributed by atoms with van der Waals surface area (Å²) in [5, 5.41) is 4.34. The van der Waals surface area contributed by atoms with Crippen molar-refractivity contribution in [2.24, 2.45) is 0 Å². The molecule has 4 nitrogen and oxygen atoms in total. The van der Waals surface area contributed by atoms with Gasteiger partial charge in [-0.25, -0.2) is 0 Å². The zero-order chi connectivity index (χ0) is 15.6. The summed E-state index contributed by atoms with van der Waals surface area (Å²) in [5.41, 5.74) is 3.01. The third-order valence-electron chi connectivity index (χ3n) is 5.17. The number of rotatable bonds is 4. The molecular weight excluding hydrogens is 352 g/mol. The molecule has 5 heteroatoms. The molecule has 4 rings (SSSR count). The molecule has 2 aliphatic rings. The number of likely N-dealkylation sites (tertiary alicyclic amines) is 1. The largest absolute Gasteiger partial charge is 0.368 e. The molecule has 1 fully saturated rings. The first-order valence-corrected chi connectivity index (χ1v) is 9.34. The first kappa shape index (κ1) is 15.2. The summed E-state index contributed by atoms with van der Waals surface area (Å²) in [6.07, 6.45) is 7.67. The van der Waals surface area contributed by atoms with Gasteiger partial charge in [0, 0.05) is 44.1 Å². The summed E-state index contributed by atoms with van der Waals surface area (Å²) >= 11 is 3.45. The normalized spacial score (nSPS) is 19.3. The molecule has 0 atom stereocenters. The number of nitrogens with zero attached hydrogens (tertiary/aromatic N) is 4. The highest BCUT2D eigenvalue weighted by atomic mass is 79.9. The van der Waals surface area contributed by atoms with Crippen LogP contribution in [0.15, 0.2) is 41.1 Å². The summed E-state index contributed by atoms with van der Waals surface area (Å²) in [7, 11) is 0. The molecule has 0 radical (unpaired) electrons. The molecule has 2 aliphatic heterocycles. The van der Waals surface area contributed by atoms with Crippen LogP contribution < -0.4 is 4.90 Å². The second kappa shape index (κ2) is 6.65. The van der Waals surface area contributed by atoms with E-state index in [1.165, 1.54) is 50.1 Å². The van der Waals surface area contributed by atoms with Crippen molar-refractivity contribution in [1.82, 2.24) is 14.7 Å². The predicted molar refractivity (Wildman–Crippen MR) is 96.9 cm³/mol. The van der Waals surface area contributed by atoms with Crippen molar-refractivity contribution in [2.45, 2.75) is 31.8 Å². The molecule has 23 heavy (non-hydrogen) atoms. The molecule has 122 valence electrons. The summed E-state index contributed by atoms with van der Waals surface area (Å²) < 4.78 is 3.08. The van der Waals surface area contributed by atoms with Gasteiger partial charge in [0.1, 0.15) is 0 Å². The van der Waals surface area contributed by atoms with E-state index in [2.05, 4.69) is 55.1 Å². The van der Waals surface area contributed by atoms with Crippen LogP contribution in [-0.2, 0) is 13.0 Å². The molecule has 0 amide bonds. The fourth-order valence-corrected chi connectivity index (χ4v) is 4.23. The van der Waals surface area contributed by atoms with E-state index >= 15 is 0 Å². The Morgan fingerprint density at radius 2 is 1.91 bits per heavy atom. The smallest absolute Gasteiger partial charge is 0.0632 e. The first-order chi connectivity index (χ1) is 11.3. The van der Waals surface area contributed by atoms with Gasteiger partial charge in [0.2, 0.25) is 0 Å². The molecule has 1 aromatic carbocycles. The topological polar surface area (TPSA) is 24.3 Å². The number of halogens is 1. The molecule has 0 N–H and O–H groups in total. The highest BCUT2D eigenvalue weighted by Crippen LogP contribution is 2.32. The minimum absolute atomic E-state index is 0.716. The van der Waals surface area contributed by atoms with Crippen LogP contribution in [0.25, 0.3) is 0 Å². The number of piperidine rings is 1. The van der Waals surface area contributed by atoms with Gasteiger partial charge in [-0.3, -0.25) is 4.68 Å². The van der Waals surface area contributed by atoms with Crippen molar-refractivity contribution in [1.29, 1.82) is 0 Å². The Morgan fingerprint density at radius 3 is 2.70 bits per heavy atom. The highest BCUT2D eigenvalue weighted by molar-refractivity contribution is 9.10. The van der Waals surface area contributed by atoms with Gasteiger partial charge in [-0.1, -0.05) is 18.2 Å². The number of hydrogen-bond acceptors (Lipinski definition) is 3. The molecule has 0 bridgehead atoms. The van der Waals surface area contributed by atoms with Gasteiger partial charge < -0.3 is 9.80 Å². The quantitative estimate of drug-likeness (QED) is 0.821. The van der Waals surface area contributed by atoms with E-state index in [0.717, 1.165) is 17.6 Å². The maximum atomic E-state index is 4.34. The van der Waals surface area contributed by atoms with E-state index < -0.39 is 0 Å². The first-order valence-electron chi connectivity index (χ1n) is 8.54. The SMILES string of the molecule is Brc1cnn(CCN2CCC(N3CCc4ccccc43)CC2)c1. The van der Waals surface area contributed by atoms with E-state index in [9.17, 15) is 0 Å². The molecule has 0 saturated carbocycles. The highest BCUT2D eigenvalue weighted by Gasteiger charge is 2.28. The van der Waals surface area contributed by atoms with Gasteiger partial charge in [0.15, 0.2) is 0 Å². The third-order valence-corrected chi connectivity index (χ3v) is 5.58. The van der Waals surface area contributed by atoms with Crippen molar-refractivity contribution in [3.05, 3.63) is 46.7 Å². The lowest BCUT2D eigenvalue weighted by Gasteiger charge is -2.38. The maximum Gasteiger partial charge on any atom is 0.0632 e. The zero-order valence-corrected chi connectivity index (χ0v) is 15.0. The molecule has 0 unspecified atom stereocenters. The maximum absolute atomic E-state index is 4.34.